The quantitative estimate of drug-likeness (QED) is 0.0413. The van der Waals surface area contributed by atoms with Gasteiger partial charge >= 0.3 is 77.3 Å². The molecule has 0 aromatic carbocycles. The van der Waals surface area contributed by atoms with E-state index in [2.05, 4.69) is 0 Å². The van der Waals surface area contributed by atoms with Gasteiger partial charge in [0.25, 0.3) is 0 Å². The van der Waals surface area contributed by atoms with E-state index in [0.29, 0.717) is 0 Å². The van der Waals surface area contributed by atoms with Crippen molar-refractivity contribution in [2.45, 2.75) is 12.8 Å². The Bertz CT molecular complexity index is 849. The van der Waals surface area contributed by atoms with Gasteiger partial charge in [0.1, 0.15) is 0 Å². The predicted molar refractivity (Wildman–Crippen MR) is 104 cm³/mol. The molecule has 0 saturated heterocycles. The standard InChI is InChI=1S/C4H10O6S2.5FH2O3P.2Li/c5-11(6,7)3-1-2-4-12(8,9)10;5*1-5(2,3)4;;/h1-4H2,(H,5,6,7)(H,8,9,10);5*(H2,2,3,4);;/q;;;;;;2*+1/p-2. The van der Waals surface area contributed by atoms with Crippen LogP contribution in [0.4, 0.5) is 21.0 Å². The van der Waals surface area contributed by atoms with Crippen molar-refractivity contribution in [3.05, 3.63) is 0 Å². The Kier molecular flexibility index (Phi) is 39.6. The minimum atomic E-state index is -5.14. The Morgan fingerprint density at radius 2 is 0.513 bits per heavy atom. The molecule has 0 bridgehead atoms. The van der Waals surface area contributed by atoms with E-state index in [1.807, 2.05) is 0 Å². The molecule has 0 aromatic heterocycles. The molecule has 21 nitrogen and oxygen atoms in total. The van der Waals surface area contributed by atoms with Crippen LogP contribution in [-0.2, 0) is 43.1 Å². The topological polar surface area (TPSA) is 402 Å². The molecule has 0 aliphatic heterocycles. The first-order valence-electron chi connectivity index (χ1n) is 6.84. The van der Waals surface area contributed by atoms with Gasteiger partial charge in [-0.25, -0.2) is 39.7 Å². The monoisotopic (exact) mass is 730 g/mol. The van der Waals surface area contributed by atoms with E-state index in [0.717, 1.165) is 0 Å². The zero-order valence-corrected chi connectivity index (χ0v) is 24.8. The van der Waals surface area contributed by atoms with Gasteiger partial charge in [-0.15, -0.1) is 21.0 Å². The second-order valence-corrected chi connectivity index (χ2v) is 12.4. The third-order valence-electron chi connectivity index (χ3n) is 1.04. The molecule has 0 heterocycles. The molecular weight excluding hydrogens is 712 g/mol. The second kappa shape index (κ2) is 25.9. The van der Waals surface area contributed by atoms with Crippen molar-refractivity contribution in [3.63, 3.8) is 0 Å². The minimum absolute atomic E-state index is 0. The molecule has 35 heteroatoms. The molecule has 0 spiro atoms. The molecule has 0 rings (SSSR count). The molecule has 0 amide bonds. The summed E-state index contributed by atoms with van der Waals surface area (Å²) in [6.45, 7) is 0. The molecule has 0 atom stereocenters. The maximum atomic E-state index is 10.4. The second-order valence-electron chi connectivity index (χ2n) is 4.60. The van der Waals surface area contributed by atoms with Crippen molar-refractivity contribution in [3.8, 4) is 0 Å². The van der Waals surface area contributed by atoms with E-state index in [4.69, 9.17) is 71.8 Å². The summed E-state index contributed by atoms with van der Waals surface area (Å²) in [6, 6.07) is 0. The zero-order valence-electron chi connectivity index (χ0n) is 18.7. The van der Waals surface area contributed by atoms with Gasteiger partial charge in [0.15, 0.2) is 0 Å². The van der Waals surface area contributed by atoms with Crippen LogP contribution in [0.25, 0.3) is 0 Å². The average Bonchev–Trinajstić information content (AvgIpc) is 2.31. The van der Waals surface area contributed by atoms with E-state index in [1.54, 1.807) is 0 Å². The molecule has 0 fully saturated rings. The first kappa shape index (κ1) is 59.8. The van der Waals surface area contributed by atoms with Crippen molar-refractivity contribution in [2.75, 3.05) is 11.5 Å². The summed E-state index contributed by atoms with van der Waals surface area (Å²) in [5, 5.41) is 0. The van der Waals surface area contributed by atoms with Gasteiger partial charge in [-0.1, -0.05) is 0 Å². The maximum absolute atomic E-state index is 10.4. The van der Waals surface area contributed by atoms with E-state index in [9.17, 15) is 46.9 Å². The van der Waals surface area contributed by atoms with Gasteiger partial charge in [0, 0.05) is 11.5 Å². The molecule has 0 radical (unpaired) electrons. The number of rotatable bonds is 5. The Morgan fingerprint density at radius 1 is 0.436 bits per heavy atom. The van der Waals surface area contributed by atoms with Gasteiger partial charge in [-0.2, -0.15) is 0 Å². The summed E-state index contributed by atoms with van der Waals surface area (Å²) in [4.78, 5) is 69.7. The summed E-state index contributed by atoms with van der Waals surface area (Å²) in [5.41, 5.74) is 0. The van der Waals surface area contributed by atoms with Crippen LogP contribution in [0.3, 0.4) is 0 Å². The first-order valence-corrected chi connectivity index (χ1v) is 17.5. The van der Waals surface area contributed by atoms with Crippen LogP contribution in [-0.4, -0.2) is 86.4 Å². The van der Waals surface area contributed by atoms with Gasteiger partial charge in [-0.3, -0.25) is 48.9 Å². The van der Waals surface area contributed by atoms with Crippen LogP contribution in [0.2, 0.25) is 0 Å². The Labute approximate surface area is 239 Å². The largest absolute Gasteiger partial charge is 1.00 e. The predicted octanol–water partition coefficient (Wildman–Crippen LogP) is -6.89. The number of halogens is 5. The summed E-state index contributed by atoms with van der Waals surface area (Å²) >= 11 is 0. The van der Waals surface area contributed by atoms with E-state index < -0.39 is 71.3 Å². The van der Waals surface area contributed by atoms with Crippen LogP contribution in [0, 0.1) is 0 Å². The summed E-state index contributed by atoms with van der Waals surface area (Å²) in [5.74, 6) is -1.24. The fourth-order valence-electron chi connectivity index (χ4n) is 0.558. The van der Waals surface area contributed by atoms with Crippen LogP contribution in [0.15, 0.2) is 0 Å². The molecule has 0 aliphatic rings. The fourth-order valence-corrected chi connectivity index (χ4v) is 1.67. The third-order valence-corrected chi connectivity index (χ3v) is 2.62. The molecular formula is C4H18F5Li2O21P5S2. The van der Waals surface area contributed by atoms with Gasteiger partial charge in [0.05, 0.1) is 20.2 Å². The first-order chi connectivity index (χ1) is 15.2. The average molecular weight is 730 g/mol. The number of hydrogen-bond acceptors (Lipinski definition) is 11. The van der Waals surface area contributed by atoms with Crippen LogP contribution < -0.4 is 37.7 Å². The third kappa shape index (κ3) is 509. The van der Waals surface area contributed by atoms with E-state index in [1.165, 1.54) is 0 Å². The zero-order chi connectivity index (χ0) is 32.3. The normalized spacial score (nSPS) is 11.6. The number of unbranched alkanes of at least 4 members (excludes halogenated alkanes) is 1. The van der Waals surface area contributed by atoms with E-state index >= 15 is 0 Å². The van der Waals surface area contributed by atoms with E-state index in [-0.39, 0.29) is 50.6 Å². The van der Waals surface area contributed by atoms with Crippen molar-refractivity contribution < 1.29 is 156 Å². The van der Waals surface area contributed by atoms with Gasteiger partial charge in [-0.05, 0) is 12.8 Å². The van der Waals surface area contributed by atoms with Crippen LogP contribution in [0.1, 0.15) is 12.8 Å². The molecule has 10 N–H and O–H groups in total. The van der Waals surface area contributed by atoms with Gasteiger partial charge < -0.3 is 9.11 Å². The molecule has 0 saturated carbocycles. The maximum Gasteiger partial charge on any atom is 1.00 e. The molecule has 0 aliphatic carbocycles. The molecule has 0 unspecified atom stereocenters. The van der Waals surface area contributed by atoms with Crippen molar-refractivity contribution in [1.29, 1.82) is 0 Å². The summed E-state index contributed by atoms with van der Waals surface area (Å²) in [7, 11) is -34.3. The summed E-state index contributed by atoms with van der Waals surface area (Å²) in [6.07, 6.45) is -0.180. The SMILES string of the molecule is O=P(O)(O)F.O=P(O)(O)F.O=P(O)(O)F.O=P(O)(O)F.O=P(O)(O)F.O=S(=O)([O-])CCCCS(=O)(=O)[O-].[Li+].[Li+]. The Hall–Kier alpha value is 1.41. The Morgan fingerprint density at radius 3 is 0.564 bits per heavy atom. The van der Waals surface area contributed by atoms with Gasteiger partial charge in [0.2, 0.25) is 0 Å². The molecule has 234 valence electrons. The summed E-state index contributed by atoms with van der Waals surface area (Å²) < 4.78 is 155. The fraction of sp³-hybridized carbons (Fsp3) is 1.00. The minimum Gasteiger partial charge on any atom is -0.748 e. The van der Waals surface area contributed by atoms with Crippen LogP contribution in [0.5, 0.6) is 0 Å². The number of hydrogen-bond donors (Lipinski definition) is 10. The van der Waals surface area contributed by atoms with Crippen molar-refractivity contribution >= 4 is 59.8 Å². The Balaban J connectivity index is -0.0000000514. The molecule has 39 heavy (non-hydrogen) atoms. The smallest absolute Gasteiger partial charge is 0.748 e. The van der Waals surface area contributed by atoms with Crippen molar-refractivity contribution in [2.24, 2.45) is 0 Å². The van der Waals surface area contributed by atoms with Crippen LogP contribution >= 0.6 is 39.5 Å². The van der Waals surface area contributed by atoms with Crippen molar-refractivity contribution in [1.82, 2.24) is 0 Å². The molecule has 0 aromatic rings.